The van der Waals surface area contributed by atoms with Crippen molar-refractivity contribution in [2.75, 3.05) is 0 Å². The van der Waals surface area contributed by atoms with Crippen LogP contribution in [0.3, 0.4) is 0 Å². The van der Waals surface area contributed by atoms with Gasteiger partial charge in [0.1, 0.15) is 49.4 Å². The predicted octanol–water partition coefficient (Wildman–Crippen LogP) is 18.0. The fraction of sp³-hybridized carbons (Fsp3) is 0.200. The zero-order valence-electron chi connectivity index (χ0n) is 44.6. The Morgan fingerprint density at radius 3 is 0.595 bits per heavy atom. The maximum absolute atomic E-state index is 6.67. The lowest BCUT2D eigenvalue weighted by Crippen LogP contribution is -2.17. The first-order chi connectivity index (χ1) is 35.7. The minimum Gasteiger partial charge on any atom is -0.488 e. The summed E-state index contributed by atoms with van der Waals surface area (Å²) in [5.74, 6) is 3.30. The second-order valence-corrected chi connectivity index (χ2v) is 19.8. The zero-order chi connectivity index (χ0) is 52.5. The number of hydrogen-bond acceptors (Lipinski definition) is 4. The molecule has 0 bridgehead atoms. The molecule has 8 rings (SSSR count). The molecule has 0 fully saturated rings. The molecule has 0 N–H and O–H groups in total. The smallest absolute Gasteiger partial charge is 0.125 e. The van der Waals surface area contributed by atoms with Gasteiger partial charge in [-0.15, -0.1) is 0 Å². The third-order valence-electron chi connectivity index (χ3n) is 14.1. The molecule has 0 aliphatic rings. The van der Waals surface area contributed by atoms with Crippen LogP contribution in [0, 0.1) is 55.4 Å². The first-order valence-electron chi connectivity index (χ1n) is 25.6. The number of rotatable bonds is 21. The number of aryl methyl sites for hydroxylation is 8. The van der Waals surface area contributed by atoms with Crippen molar-refractivity contribution >= 4 is 24.3 Å². The highest BCUT2D eigenvalue weighted by Gasteiger charge is 2.32. The van der Waals surface area contributed by atoms with E-state index in [-0.39, 0.29) is 11.8 Å². The molecule has 0 atom stereocenters. The highest BCUT2D eigenvalue weighted by atomic mass is 16.5. The van der Waals surface area contributed by atoms with Crippen LogP contribution >= 0.6 is 0 Å². The van der Waals surface area contributed by atoms with Gasteiger partial charge in [0.2, 0.25) is 0 Å². The maximum Gasteiger partial charge on any atom is 0.125 e. The van der Waals surface area contributed by atoms with Crippen LogP contribution in [0.1, 0.15) is 123 Å². The largest absolute Gasteiger partial charge is 0.488 e. The van der Waals surface area contributed by atoms with Crippen molar-refractivity contribution in [2.24, 2.45) is 0 Å². The molecular weight excluding hydrogens is 905 g/mol. The second kappa shape index (κ2) is 23.6. The quantitative estimate of drug-likeness (QED) is 0.0719. The van der Waals surface area contributed by atoms with Crippen molar-refractivity contribution in [3.8, 4) is 23.0 Å². The van der Waals surface area contributed by atoms with E-state index in [1.807, 2.05) is 24.3 Å². The van der Waals surface area contributed by atoms with Gasteiger partial charge in [-0.1, -0.05) is 196 Å². The van der Waals surface area contributed by atoms with E-state index in [0.29, 0.717) is 26.4 Å². The summed E-state index contributed by atoms with van der Waals surface area (Å²) < 4.78 is 26.7. The molecule has 374 valence electrons. The molecule has 0 saturated carbocycles. The Morgan fingerprint density at radius 1 is 0.284 bits per heavy atom. The number of benzene rings is 8. The van der Waals surface area contributed by atoms with Crippen molar-refractivity contribution < 1.29 is 18.9 Å². The molecular formula is C70H70O4. The van der Waals surface area contributed by atoms with E-state index < -0.39 is 0 Å². The van der Waals surface area contributed by atoms with Crippen molar-refractivity contribution in [2.45, 2.75) is 93.7 Å². The van der Waals surface area contributed by atoms with Crippen LogP contribution in [0.5, 0.6) is 23.0 Å². The van der Waals surface area contributed by atoms with Crippen LogP contribution in [0.4, 0.5) is 0 Å². The van der Waals surface area contributed by atoms with Gasteiger partial charge in [0.05, 0.1) is 0 Å². The van der Waals surface area contributed by atoms with E-state index in [1.165, 1.54) is 22.3 Å². The van der Waals surface area contributed by atoms with E-state index in [0.717, 1.165) is 112 Å². The van der Waals surface area contributed by atoms with E-state index >= 15 is 0 Å². The van der Waals surface area contributed by atoms with Crippen molar-refractivity contribution in [3.63, 3.8) is 0 Å². The molecule has 0 radical (unpaired) electrons. The van der Waals surface area contributed by atoms with Gasteiger partial charge in [0.25, 0.3) is 0 Å². The van der Waals surface area contributed by atoms with Gasteiger partial charge in [-0.2, -0.15) is 0 Å². The Kier molecular flexibility index (Phi) is 16.7. The van der Waals surface area contributed by atoms with Crippen LogP contribution in [-0.2, 0) is 26.4 Å². The normalized spacial score (nSPS) is 11.1. The Hall–Kier alpha value is -8.08. The molecule has 0 saturated heterocycles. The highest BCUT2D eigenvalue weighted by Crippen LogP contribution is 2.48. The monoisotopic (exact) mass is 975 g/mol. The van der Waals surface area contributed by atoms with Crippen LogP contribution in [0.15, 0.2) is 172 Å². The molecule has 0 aliphatic carbocycles. The van der Waals surface area contributed by atoms with Gasteiger partial charge < -0.3 is 18.9 Å². The van der Waals surface area contributed by atoms with Gasteiger partial charge in [-0.3, -0.25) is 0 Å². The SMILES string of the molecule is C=Cc1ccc(COc2c(C)cc(C(c3cc(C)c(OCc4ccc(C=C)cc4)c(C)c3)C(c3cc(C)c(OCc4ccc(C=C)cc4)c(C)c3)c3cc(C)c(OCc4ccc(C=C)cc4)c(C)c3)cc2C)cc1. The van der Waals surface area contributed by atoms with Gasteiger partial charge in [0, 0.05) is 11.8 Å². The maximum atomic E-state index is 6.67. The summed E-state index contributed by atoms with van der Waals surface area (Å²) in [5, 5.41) is 0. The standard InChI is InChI=1S/C70H70O4/c1-13-53-17-25-57(26-18-53)41-71-67-45(5)33-61(34-46(67)6)65(62-35-47(7)68(48(8)36-62)72-42-58-27-19-54(14-2)20-28-58)66(63-37-49(9)69(50(10)38-63)73-43-59-29-21-55(15-3)22-30-59)64-39-51(11)70(52(12)40-64)74-44-60-31-23-56(16-4)24-32-60/h13-40,65-66H,1-4,41-44H2,5-12H3. The second-order valence-electron chi connectivity index (χ2n) is 19.8. The average Bonchev–Trinajstić information content (AvgIpc) is 3.40. The van der Waals surface area contributed by atoms with Crippen LogP contribution in [-0.4, -0.2) is 0 Å². The lowest BCUT2D eigenvalue weighted by molar-refractivity contribution is 0.301. The highest BCUT2D eigenvalue weighted by molar-refractivity contribution is 5.58. The topological polar surface area (TPSA) is 36.9 Å². The van der Waals surface area contributed by atoms with Crippen molar-refractivity contribution in [1.29, 1.82) is 0 Å². The van der Waals surface area contributed by atoms with Gasteiger partial charge in [0.15, 0.2) is 0 Å². The van der Waals surface area contributed by atoms with Gasteiger partial charge >= 0.3 is 0 Å². The molecule has 4 heteroatoms. The summed E-state index contributed by atoms with van der Waals surface area (Å²) in [6, 6.07) is 52.2. The fourth-order valence-corrected chi connectivity index (χ4v) is 10.3. The minimum absolute atomic E-state index is 0.145. The summed E-state index contributed by atoms with van der Waals surface area (Å²) in [6.45, 7) is 34.9. The summed E-state index contributed by atoms with van der Waals surface area (Å²) in [6.07, 6.45) is 7.45. The Labute approximate surface area is 441 Å². The summed E-state index contributed by atoms with van der Waals surface area (Å²) in [5.41, 5.74) is 22.2. The molecule has 74 heavy (non-hydrogen) atoms. The minimum atomic E-state index is -0.145. The lowest BCUT2D eigenvalue weighted by atomic mass is 9.71. The fourth-order valence-electron chi connectivity index (χ4n) is 10.3. The van der Waals surface area contributed by atoms with Gasteiger partial charge in [-0.25, -0.2) is 0 Å². The Balaban J connectivity index is 1.26. The third kappa shape index (κ3) is 12.2. The summed E-state index contributed by atoms with van der Waals surface area (Å²) in [4.78, 5) is 0. The molecule has 8 aromatic carbocycles. The lowest BCUT2D eigenvalue weighted by Gasteiger charge is -2.33. The molecule has 8 aromatic rings. The zero-order valence-corrected chi connectivity index (χ0v) is 44.6. The average molecular weight is 975 g/mol. The first kappa shape index (κ1) is 52.2. The van der Waals surface area contributed by atoms with E-state index in [4.69, 9.17) is 18.9 Å². The molecule has 0 heterocycles. The van der Waals surface area contributed by atoms with Gasteiger partial charge in [-0.05, 0) is 167 Å². The van der Waals surface area contributed by atoms with Crippen molar-refractivity contribution in [3.05, 3.63) is 283 Å². The predicted molar refractivity (Wildman–Crippen MR) is 311 cm³/mol. The van der Waals surface area contributed by atoms with Crippen LogP contribution in [0.2, 0.25) is 0 Å². The molecule has 0 spiro atoms. The van der Waals surface area contributed by atoms with E-state index in [9.17, 15) is 0 Å². The third-order valence-corrected chi connectivity index (χ3v) is 14.1. The summed E-state index contributed by atoms with van der Waals surface area (Å²) in [7, 11) is 0. The Bertz CT molecular complexity index is 2760. The van der Waals surface area contributed by atoms with Crippen LogP contribution in [0.25, 0.3) is 24.3 Å². The first-order valence-corrected chi connectivity index (χ1v) is 25.6. The van der Waals surface area contributed by atoms with E-state index in [2.05, 4.69) is 227 Å². The molecule has 0 unspecified atom stereocenters. The molecule has 0 aliphatic heterocycles. The van der Waals surface area contributed by atoms with Crippen LogP contribution < -0.4 is 18.9 Å². The number of hydrogen-bond donors (Lipinski definition) is 0. The molecule has 0 amide bonds. The molecule has 4 nitrogen and oxygen atoms in total. The number of ether oxygens (including phenoxy) is 4. The Morgan fingerprint density at radius 2 is 0.446 bits per heavy atom. The molecule has 0 aromatic heterocycles. The van der Waals surface area contributed by atoms with Crippen molar-refractivity contribution in [1.82, 2.24) is 0 Å². The summed E-state index contributed by atoms with van der Waals surface area (Å²) >= 11 is 0. The van der Waals surface area contributed by atoms with E-state index in [1.54, 1.807) is 0 Å².